The Morgan fingerprint density at radius 2 is 2.32 bits per heavy atom. The second kappa shape index (κ2) is 6.48. The van der Waals surface area contributed by atoms with Gasteiger partial charge in [-0.3, -0.25) is 9.98 Å². The summed E-state index contributed by atoms with van der Waals surface area (Å²) >= 11 is 0. The van der Waals surface area contributed by atoms with Crippen molar-refractivity contribution in [2.24, 2.45) is 4.99 Å². The van der Waals surface area contributed by atoms with E-state index in [0.29, 0.717) is 30.4 Å². The summed E-state index contributed by atoms with van der Waals surface area (Å²) in [7, 11) is 3.52. The van der Waals surface area contributed by atoms with Crippen molar-refractivity contribution < 1.29 is 4.52 Å². The van der Waals surface area contributed by atoms with Crippen LogP contribution in [0.25, 0.3) is 11.6 Å². The molecule has 2 heterocycles. The van der Waals surface area contributed by atoms with Crippen molar-refractivity contribution in [3.8, 4) is 11.6 Å². The largest absolute Gasteiger partial charge is 0.359 e. The Kier molecular flexibility index (Phi) is 4.44. The van der Waals surface area contributed by atoms with Crippen molar-refractivity contribution >= 4 is 5.96 Å². The fraction of sp³-hybridized carbons (Fsp3) is 0.333. The van der Waals surface area contributed by atoms with Gasteiger partial charge in [-0.25, -0.2) is 0 Å². The van der Waals surface area contributed by atoms with Crippen molar-refractivity contribution in [3.05, 3.63) is 30.2 Å². The van der Waals surface area contributed by atoms with Gasteiger partial charge in [-0.15, -0.1) is 0 Å². The molecule has 0 radical (unpaired) electrons. The molecule has 2 aromatic rings. The van der Waals surface area contributed by atoms with Crippen LogP contribution in [0.5, 0.6) is 0 Å². The Labute approximate surface area is 111 Å². The van der Waals surface area contributed by atoms with Crippen LogP contribution in [-0.4, -0.2) is 41.7 Å². The van der Waals surface area contributed by atoms with Gasteiger partial charge in [-0.05, 0) is 12.1 Å². The third-order valence-corrected chi connectivity index (χ3v) is 2.45. The summed E-state index contributed by atoms with van der Waals surface area (Å²) in [5.74, 6) is 1.81. The number of aromatic nitrogens is 3. The summed E-state index contributed by atoms with van der Waals surface area (Å²) in [5.41, 5.74) is 0.681. The lowest BCUT2D eigenvalue weighted by atomic mass is 10.3. The Morgan fingerprint density at radius 1 is 1.42 bits per heavy atom. The lowest BCUT2D eigenvalue weighted by molar-refractivity contribution is 0.421. The second-order valence-corrected chi connectivity index (χ2v) is 3.73. The van der Waals surface area contributed by atoms with Gasteiger partial charge in [0.2, 0.25) is 0 Å². The fourth-order valence-corrected chi connectivity index (χ4v) is 1.52. The fourth-order valence-electron chi connectivity index (χ4n) is 1.52. The quantitative estimate of drug-likeness (QED) is 0.613. The monoisotopic (exact) mass is 260 g/mol. The van der Waals surface area contributed by atoms with Crippen molar-refractivity contribution in [1.82, 2.24) is 25.8 Å². The molecule has 2 N–H and O–H groups in total. The van der Waals surface area contributed by atoms with Crippen LogP contribution in [0.1, 0.15) is 5.82 Å². The molecule has 0 aliphatic carbocycles. The summed E-state index contributed by atoms with van der Waals surface area (Å²) in [4.78, 5) is 12.5. The average Bonchev–Trinajstić information content (AvgIpc) is 2.93. The summed E-state index contributed by atoms with van der Waals surface area (Å²) in [6, 6.07) is 5.55. The van der Waals surface area contributed by atoms with Crippen LogP contribution >= 0.6 is 0 Å². The first-order valence-corrected chi connectivity index (χ1v) is 5.96. The van der Waals surface area contributed by atoms with E-state index in [9.17, 15) is 0 Å². The van der Waals surface area contributed by atoms with Gasteiger partial charge in [0, 0.05) is 33.3 Å². The number of hydrogen-bond acceptors (Lipinski definition) is 5. The molecule has 0 spiro atoms. The maximum Gasteiger partial charge on any atom is 0.276 e. The lowest BCUT2D eigenvalue weighted by Gasteiger charge is -2.05. The molecule has 2 rings (SSSR count). The van der Waals surface area contributed by atoms with E-state index in [4.69, 9.17) is 4.52 Å². The Balaban J connectivity index is 1.92. The smallest absolute Gasteiger partial charge is 0.276 e. The highest BCUT2D eigenvalue weighted by atomic mass is 16.5. The van der Waals surface area contributed by atoms with Crippen molar-refractivity contribution in [2.75, 3.05) is 20.6 Å². The molecule has 7 heteroatoms. The molecule has 0 atom stereocenters. The highest BCUT2D eigenvalue weighted by molar-refractivity contribution is 5.79. The van der Waals surface area contributed by atoms with E-state index >= 15 is 0 Å². The van der Waals surface area contributed by atoms with E-state index in [0.717, 1.165) is 5.96 Å². The average molecular weight is 260 g/mol. The summed E-state index contributed by atoms with van der Waals surface area (Å²) in [6.45, 7) is 0.675. The Morgan fingerprint density at radius 3 is 3.00 bits per heavy atom. The van der Waals surface area contributed by atoms with Crippen molar-refractivity contribution in [1.29, 1.82) is 0 Å². The van der Waals surface area contributed by atoms with Gasteiger partial charge >= 0.3 is 0 Å². The van der Waals surface area contributed by atoms with Crippen molar-refractivity contribution in [3.63, 3.8) is 0 Å². The van der Waals surface area contributed by atoms with E-state index in [1.807, 2.05) is 25.2 Å². The summed E-state index contributed by atoms with van der Waals surface area (Å²) < 4.78 is 5.16. The molecule has 0 aliphatic rings. The number of guanidine groups is 1. The minimum absolute atomic E-state index is 0.439. The van der Waals surface area contributed by atoms with Crippen LogP contribution < -0.4 is 10.6 Å². The third kappa shape index (κ3) is 3.51. The Bertz CT molecular complexity index is 536. The first-order valence-electron chi connectivity index (χ1n) is 5.96. The molecule has 7 nitrogen and oxygen atoms in total. The van der Waals surface area contributed by atoms with Crippen LogP contribution in [0.2, 0.25) is 0 Å². The molecule has 2 aromatic heterocycles. The lowest BCUT2D eigenvalue weighted by Crippen LogP contribution is -2.35. The zero-order chi connectivity index (χ0) is 13.5. The standard InChI is InChI=1S/C12H16N6O/c1-13-12(14-2)16-8-6-10-17-11(19-18-10)9-5-3-4-7-15-9/h3-5,7H,6,8H2,1-2H3,(H2,13,14,16). The highest BCUT2D eigenvalue weighted by Gasteiger charge is 2.09. The molecule has 0 saturated heterocycles. The van der Waals surface area contributed by atoms with Gasteiger partial charge in [0.05, 0.1) is 0 Å². The predicted octanol–water partition coefficient (Wildman–Crippen LogP) is 0.469. The van der Waals surface area contributed by atoms with Crippen LogP contribution in [0.4, 0.5) is 0 Å². The molecular weight excluding hydrogens is 244 g/mol. The number of rotatable bonds is 4. The summed E-state index contributed by atoms with van der Waals surface area (Å²) in [5, 5.41) is 9.97. The van der Waals surface area contributed by atoms with E-state index in [1.54, 1.807) is 13.2 Å². The SMILES string of the molecule is CN=C(NC)NCCc1noc(-c2ccccn2)n1. The predicted molar refractivity (Wildman–Crippen MR) is 71.7 cm³/mol. The number of nitrogens with zero attached hydrogens (tertiary/aromatic N) is 4. The van der Waals surface area contributed by atoms with E-state index in [2.05, 4.69) is 30.8 Å². The zero-order valence-corrected chi connectivity index (χ0v) is 10.9. The maximum absolute atomic E-state index is 5.16. The molecule has 0 aromatic carbocycles. The first-order chi connectivity index (χ1) is 9.33. The van der Waals surface area contributed by atoms with Gasteiger partial charge in [-0.1, -0.05) is 11.2 Å². The van der Waals surface area contributed by atoms with Gasteiger partial charge in [-0.2, -0.15) is 4.98 Å². The van der Waals surface area contributed by atoms with Gasteiger partial charge in [0.25, 0.3) is 5.89 Å². The van der Waals surface area contributed by atoms with E-state index in [-0.39, 0.29) is 0 Å². The Hall–Kier alpha value is -2.44. The molecule has 0 aliphatic heterocycles. The van der Waals surface area contributed by atoms with Gasteiger partial charge in [0.15, 0.2) is 11.8 Å². The topological polar surface area (TPSA) is 88.2 Å². The first kappa shape index (κ1) is 13.0. The number of aliphatic imine (C=N–C) groups is 1. The van der Waals surface area contributed by atoms with Crippen LogP contribution in [-0.2, 0) is 6.42 Å². The molecular formula is C12H16N6O. The maximum atomic E-state index is 5.16. The normalized spacial score (nSPS) is 11.4. The van der Waals surface area contributed by atoms with E-state index in [1.165, 1.54) is 0 Å². The van der Waals surface area contributed by atoms with E-state index < -0.39 is 0 Å². The minimum Gasteiger partial charge on any atom is -0.359 e. The number of nitrogens with one attached hydrogen (secondary N) is 2. The molecule has 0 bridgehead atoms. The third-order valence-electron chi connectivity index (χ3n) is 2.45. The molecule has 0 saturated carbocycles. The molecule has 0 amide bonds. The molecule has 19 heavy (non-hydrogen) atoms. The zero-order valence-electron chi connectivity index (χ0n) is 10.9. The van der Waals surface area contributed by atoms with Crippen LogP contribution in [0.15, 0.2) is 33.9 Å². The van der Waals surface area contributed by atoms with Crippen LogP contribution in [0, 0.1) is 0 Å². The number of hydrogen-bond donors (Lipinski definition) is 2. The molecule has 0 unspecified atom stereocenters. The minimum atomic E-state index is 0.439. The number of pyridine rings is 1. The molecule has 100 valence electrons. The van der Waals surface area contributed by atoms with Gasteiger partial charge < -0.3 is 15.2 Å². The molecule has 0 fully saturated rings. The second-order valence-electron chi connectivity index (χ2n) is 3.73. The highest BCUT2D eigenvalue weighted by Crippen LogP contribution is 2.12. The van der Waals surface area contributed by atoms with Crippen molar-refractivity contribution in [2.45, 2.75) is 6.42 Å². The van der Waals surface area contributed by atoms with Gasteiger partial charge in [0.1, 0.15) is 5.69 Å². The van der Waals surface area contributed by atoms with Crippen LogP contribution in [0.3, 0.4) is 0 Å². The summed E-state index contributed by atoms with van der Waals surface area (Å²) in [6.07, 6.45) is 2.34.